The van der Waals surface area contributed by atoms with Gasteiger partial charge in [-0.3, -0.25) is 19.1 Å². The number of fused-ring (bicyclic) bond motifs is 1. The zero-order chi connectivity index (χ0) is 36.7. The Morgan fingerprint density at radius 1 is 1.00 bits per heavy atom. The first-order valence-corrected chi connectivity index (χ1v) is 20.7. The molecule has 1 unspecified atom stereocenters. The summed E-state index contributed by atoms with van der Waals surface area (Å²) in [5, 5.41) is 11.8. The predicted molar refractivity (Wildman–Crippen MR) is 181 cm³/mol. The molecule has 0 bridgehead atoms. The highest BCUT2D eigenvalue weighted by atomic mass is 28.5. The number of ketones is 1. The van der Waals surface area contributed by atoms with Gasteiger partial charge in [-0.05, 0) is 29.1 Å². The Morgan fingerprint density at radius 2 is 1.63 bits per heavy atom. The summed E-state index contributed by atoms with van der Waals surface area (Å²) in [7, 11) is -6.08. The van der Waals surface area contributed by atoms with Crippen LogP contribution in [0.2, 0.25) is 22.2 Å². The highest BCUT2D eigenvalue weighted by Crippen LogP contribution is 2.48. The van der Waals surface area contributed by atoms with E-state index in [-0.39, 0.29) is 67.3 Å². The summed E-state index contributed by atoms with van der Waals surface area (Å²) in [6.07, 6.45) is -4.95. The summed E-state index contributed by atoms with van der Waals surface area (Å²) < 4.78 is 45.3. The van der Waals surface area contributed by atoms with Crippen molar-refractivity contribution in [2.45, 2.75) is 122 Å². The number of aromatic nitrogens is 2. The van der Waals surface area contributed by atoms with Crippen molar-refractivity contribution in [1.29, 1.82) is 0 Å². The number of ether oxygens (including phenoxy) is 4. The summed E-state index contributed by atoms with van der Waals surface area (Å²) >= 11 is 0. The number of carboxylic acids is 1. The first kappa shape index (κ1) is 40.7. The van der Waals surface area contributed by atoms with Gasteiger partial charge in [0.1, 0.15) is 18.0 Å². The number of nitrogens with zero attached hydrogens (tertiary/aromatic N) is 1. The highest BCUT2D eigenvalue weighted by molar-refractivity contribution is 6.84. The van der Waals surface area contributed by atoms with Crippen molar-refractivity contribution in [3.05, 3.63) is 33.1 Å². The van der Waals surface area contributed by atoms with E-state index in [0.717, 1.165) is 4.57 Å². The van der Waals surface area contributed by atoms with Gasteiger partial charge < -0.3 is 42.3 Å². The molecule has 18 heteroatoms. The number of nitrogens with one attached hydrogen (secondary N) is 2. The van der Waals surface area contributed by atoms with Crippen LogP contribution in [0, 0.1) is 0 Å². The van der Waals surface area contributed by atoms with Crippen molar-refractivity contribution < 1.29 is 51.4 Å². The normalized spacial score (nSPS) is 24.0. The second kappa shape index (κ2) is 17.5. The number of aromatic amines is 1. The van der Waals surface area contributed by atoms with E-state index >= 15 is 0 Å². The van der Waals surface area contributed by atoms with Crippen molar-refractivity contribution >= 4 is 35.0 Å². The second-order valence-electron chi connectivity index (χ2n) is 13.7. The molecule has 2 saturated heterocycles. The molecule has 16 nitrogen and oxygen atoms in total. The minimum atomic E-state index is -3.17. The van der Waals surface area contributed by atoms with E-state index in [1.54, 1.807) is 0 Å². The molecule has 1 amide bonds. The number of aliphatic carboxylic acids is 1. The van der Waals surface area contributed by atoms with Gasteiger partial charge in [-0.25, -0.2) is 14.4 Å². The summed E-state index contributed by atoms with van der Waals surface area (Å²) in [4.78, 5) is 62.8. The minimum Gasteiger partial charge on any atom is -0.479 e. The summed E-state index contributed by atoms with van der Waals surface area (Å²) in [6.45, 7) is 18.0. The SMILES string of the molecule is CC(=O)CC(OCCOCCNC(=O)O[C@@H]1[C@@H]2O[Si](C(C)C)(C(C)C)O[Si](C(C)C)(C(C)C)OC[C@H]2O[C@H]1n1ccc(=O)[nH]c1=O)C(=O)O. The van der Waals surface area contributed by atoms with Gasteiger partial charge >= 0.3 is 34.9 Å². The van der Waals surface area contributed by atoms with Crippen LogP contribution in [0.3, 0.4) is 0 Å². The molecule has 3 heterocycles. The van der Waals surface area contributed by atoms with Crippen LogP contribution >= 0.6 is 0 Å². The molecule has 3 N–H and O–H groups in total. The van der Waals surface area contributed by atoms with E-state index in [1.807, 2.05) is 0 Å². The highest BCUT2D eigenvalue weighted by Gasteiger charge is 2.62. The maximum absolute atomic E-state index is 13.2. The lowest BCUT2D eigenvalue weighted by Gasteiger charge is -2.51. The average molecular weight is 732 g/mol. The lowest BCUT2D eigenvalue weighted by molar-refractivity contribution is -0.153. The predicted octanol–water partition coefficient (Wildman–Crippen LogP) is 2.95. The quantitative estimate of drug-likeness (QED) is 0.166. The van der Waals surface area contributed by atoms with E-state index in [4.69, 9.17) is 37.0 Å². The fourth-order valence-electron chi connectivity index (χ4n) is 6.32. The zero-order valence-electron chi connectivity index (χ0n) is 29.9. The standard InChI is InChI=1S/C31H53N3O13Si2/c1-18(2)48(19(3)4)43-17-24-26(46-49(47-48,20(5)6)21(7)8)27(28(44-24)34-12-10-25(36)33-30(34)39)45-31(40)32-11-13-41-14-15-42-23(29(37)38)16-22(9)35/h10,12,18-21,23-24,26-28H,11,13-17H2,1-9H3,(H,32,40)(H,37,38)(H,33,36,39)/t23?,24-,26-,27-,28-/m1/s1. The number of carbonyl (C=O) groups is 3. The van der Waals surface area contributed by atoms with Gasteiger partial charge in [0.25, 0.3) is 5.56 Å². The Bertz CT molecular complexity index is 1380. The van der Waals surface area contributed by atoms with Crippen LogP contribution in [0.25, 0.3) is 0 Å². The fraction of sp³-hybridized carbons (Fsp3) is 0.774. The molecule has 5 atom stereocenters. The van der Waals surface area contributed by atoms with Crippen molar-refractivity contribution in [3.63, 3.8) is 0 Å². The van der Waals surface area contributed by atoms with Gasteiger partial charge in [0.2, 0.25) is 0 Å². The largest absolute Gasteiger partial charge is 0.479 e. The smallest absolute Gasteiger partial charge is 0.407 e. The maximum atomic E-state index is 13.2. The van der Waals surface area contributed by atoms with E-state index in [0.29, 0.717) is 0 Å². The third-order valence-electron chi connectivity index (χ3n) is 8.80. The molecule has 1 aromatic heterocycles. The molecule has 0 spiro atoms. The number of hydrogen-bond acceptors (Lipinski definition) is 12. The molecule has 2 aliphatic heterocycles. The van der Waals surface area contributed by atoms with Crippen LogP contribution < -0.4 is 16.6 Å². The third kappa shape index (κ3) is 9.75. The van der Waals surface area contributed by atoms with Crippen LogP contribution in [0.15, 0.2) is 21.9 Å². The number of rotatable bonds is 16. The lowest BCUT2D eigenvalue weighted by atomic mass is 10.1. The lowest BCUT2D eigenvalue weighted by Crippen LogP contribution is -2.66. The van der Waals surface area contributed by atoms with Crippen molar-refractivity contribution in [2.75, 3.05) is 33.0 Å². The van der Waals surface area contributed by atoms with E-state index in [9.17, 15) is 24.0 Å². The van der Waals surface area contributed by atoms with Crippen LogP contribution in [0.1, 0.15) is 75.0 Å². The van der Waals surface area contributed by atoms with Gasteiger partial charge in [0.05, 0.1) is 26.4 Å². The van der Waals surface area contributed by atoms with Crippen molar-refractivity contribution in [2.24, 2.45) is 0 Å². The summed E-state index contributed by atoms with van der Waals surface area (Å²) in [6, 6.07) is 1.18. The molecular weight excluding hydrogens is 679 g/mol. The average Bonchev–Trinajstić information content (AvgIpc) is 3.30. The van der Waals surface area contributed by atoms with Gasteiger partial charge in [0.15, 0.2) is 18.4 Å². The third-order valence-corrected chi connectivity index (χ3v) is 19.0. The molecule has 0 aromatic carbocycles. The van der Waals surface area contributed by atoms with Gasteiger partial charge in [0, 0.05) is 25.2 Å². The fourth-order valence-corrected chi connectivity index (χ4v) is 17.5. The van der Waals surface area contributed by atoms with Crippen LogP contribution in [-0.4, -0.2) is 107 Å². The van der Waals surface area contributed by atoms with Gasteiger partial charge in [-0.2, -0.15) is 0 Å². The monoisotopic (exact) mass is 731 g/mol. The Hall–Kier alpha value is -2.72. The maximum Gasteiger partial charge on any atom is 0.407 e. The van der Waals surface area contributed by atoms with E-state index in [1.165, 1.54) is 19.2 Å². The van der Waals surface area contributed by atoms with Crippen LogP contribution in [-0.2, 0) is 41.5 Å². The van der Waals surface area contributed by atoms with Crippen LogP contribution in [0.5, 0.6) is 0 Å². The second-order valence-corrected chi connectivity index (χ2v) is 22.5. The molecule has 2 fully saturated rings. The molecule has 0 aliphatic carbocycles. The zero-order valence-corrected chi connectivity index (χ0v) is 31.9. The Labute approximate surface area is 288 Å². The number of alkyl carbamates (subject to hydrolysis) is 1. The topological polar surface area (TPSA) is 203 Å². The molecule has 0 radical (unpaired) electrons. The molecule has 0 saturated carbocycles. The molecule has 49 heavy (non-hydrogen) atoms. The minimum absolute atomic E-state index is 0.0261. The number of carbonyl (C=O) groups excluding carboxylic acids is 2. The number of H-pyrrole nitrogens is 1. The van der Waals surface area contributed by atoms with Crippen molar-refractivity contribution in [1.82, 2.24) is 14.9 Å². The number of amides is 1. The summed E-state index contributed by atoms with van der Waals surface area (Å²) in [5.41, 5.74) is -1.22. The molecule has 2 aliphatic rings. The van der Waals surface area contributed by atoms with Gasteiger partial charge in [-0.15, -0.1) is 0 Å². The number of carboxylic acid groups (broad SMARTS) is 1. The molecule has 278 valence electrons. The summed E-state index contributed by atoms with van der Waals surface area (Å²) in [5.74, 6) is -1.55. The molecular formula is C31H53N3O13Si2. The van der Waals surface area contributed by atoms with E-state index < -0.39 is 71.1 Å². The van der Waals surface area contributed by atoms with Crippen molar-refractivity contribution in [3.8, 4) is 0 Å². The molecule has 1 aromatic rings. The number of Topliss-reactive ketones (excluding diaryl/α,β-unsaturated/α-hetero) is 1. The molecule has 3 rings (SSSR count). The van der Waals surface area contributed by atoms with Crippen LogP contribution in [0.4, 0.5) is 4.79 Å². The Kier molecular flexibility index (Phi) is 14.5. The first-order chi connectivity index (χ1) is 22.9. The Morgan fingerprint density at radius 3 is 2.18 bits per heavy atom. The number of hydrogen-bond donors (Lipinski definition) is 3. The van der Waals surface area contributed by atoms with Gasteiger partial charge in [-0.1, -0.05) is 55.4 Å². The van der Waals surface area contributed by atoms with E-state index in [2.05, 4.69) is 65.7 Å². The Balaban J connectivity index is 1.82. The first-order valence-electron chi connectivity index (χ1n) is 16.8.